The van der Waals surface area contributed by atoms with E-state index in [-0.39, 0.29) is 5.91 Å². The molecule has 0 radical (unpaired) electrons. The molecule has 4 nitrogen and oxygen atoms in total. The molecule has 0 atom stereocenters. The van der Waals surface area contributed by atoms with Crippen molar-refractivity contribution in [2.75, 3.05) is 0 Å². The molecule has 1 aromatic heterocycles. The van der Waals surface area contributed by atoms with E-state index in [4.69, 9.17) is 0 Å². The Bertz CT molecular complexity index is 346. The molecule has 1 aromatic rings. The highest BCUT2D eigenvalue weighted by molar-refractivity contribution is 9.13. The molecular weight excluding hydrogens is 302 g/mol. The van der Waals surface area contributed by atoms with Crippen LogP contribution in [0, 0.1) is 0 Å². The molecule has 0 bridgehead atoms. The number of hydrogen-bond acceptors (Lipinski definition) is 2. The Hall–Kier alpha value is -0.360. The average molecular weight is 309 g/mol. The maximum Gasteiger partial charge on any atom is 0.273 e. The van der Waals surface area contributed by atoms with E-state index >= 15 is 0 Å². The van der Waals surface area contributed by atoms with Gasteiger partial charge in [0.05, 0.1) is 4.47 Å². The summed E-state index contributed by atoms with van der Waals surface area (Å²) in [7, 11) is 0. The van der Waals surface area contributed by atoms with E-state index in [9.17, 15) is 4.79 Å². The molecule has 13 heavy (non-hydrogen) atoms. The van der Waals surface area contributed by atoms with Gasteiger partial charge in [0, 0.05) is 6.04 Å². The van der Waals surface area contributed by atoms with Crippen LogP contribution in [0.2, 0.25) is 0 Å². The molecule has 1 amide bonds. The first-order valence-electron chi connectivity index (χ1n) is 3.88. The second-order valence-electron chi connectivity index (χ2n) is 2.95. The van der Waals surface area contributed by atoms with Crippen molar-refractivity contribution in [1.29, 1.82) is 0 Å². The highest BCUT2D eigenvalue weighted by Crippen LogP contribution is 2.25. The quantitative estimate of drug-likeness (QED) is 0.875. The molecule has 1 aliphatic carbocycles. The molecule has 0 aliphatic heterocycles. The molecule has 0 unspecified atom stereocenters. The van der Waals surface area contributed by atoms with E-state index in [1.807, 2.05) is 0 Å². The number of rotatable bonds is 2. The summed E-state index contributed by atoms with van der Waals surface area (Å²) in [6, 6.07) is 0.356. The lowest BCUT2D eigenvalue weighted by Gasteiger charge is -1.98. The number of hydrogen-bond donors (Lipinski definition) is 2. The number of aromatic amines is 1. The van der Waals surface area contributed by atoms with Gasteiger partial charge in [0.2, 0.25) is 0 Å². The Labute approximate surface area is 91.7 Å². The fraction of sp³-hybridized carbons (Fsp3) is 0.429. The summed E-state index contributed by atoms with van der Waals surface area (Å²) >= 11 is 6.48. The number of halogens is 2. The number of carbonyl (C=O) groups excluding carboxylic acids is 1. The van der Waals surface area contributed by atoms with Gasteiger partial charge in [-0.2, -0.15) is 5.10 Å². The van der Waals surface area contributed by atoms with Crippen molar-refractivity contribution in [1.82, 2.24) is 15.5 Å². The molecule has 1 saturated carbocycles. The minimum Gasteiger partial charge on any atom is -0.348 e. The molecule has 1 aliphatic rings. The summed E-state index contributed by atoms with van der Waals surface area (Å²) in [5.74, 6) is -0.128. The van der Waals surface area contributed by atoms with E-state index in [1.54, 1.807) is 0 Å². The van der Waals surface area contributed by atoms with E-state index in [2.05, 4.69) is 47.4 Å². The van der Waals surface area contributed by atoms with Crippen LogP contribution in [0.4, 0.5) is 0 Å². The molecule has 2 rings (SSSR count). The largest absolute Gasteiger partial charge is 0.348 e. The maximum absolute atomic E-state index is 11.5. The lowest BCUT2D eigenvalue weighted by atomic mass is 10.4. The average Bonchev–Trinajstić information content (AvgIpc) is 2.82. The molecule has 0 saturated heterocycles. The third-order valence-corrected chi connectivity index (χ3v) is 3.67. The minimum absolute atomic E-state index is 0.128. The van der Waals surface area contributed by atoms with E-state index in [0.29, 0.717) is 20.8 Å². The van der Waals surface area contributed by atoms with Crippen molar-refractivity contribution < 1.29 is 4.79 Å². The Morgan fingerprint density at radius 2 is 2.23 bits per heavy atom. The molecule has 70 valence electrons. The Balaban J connectivity index is 2.14. The Kier molecular flexibility index (Phi) is 2.42. The standard InChI is InChI=1S/C7H7Br2N3O/c8-4-5(11-12-6(4)9)7(13)10-3-1-2-3/h3H,1-2H2,(H,10,13)(H,11,12). The maximum atomic E-state index is 11.5. The van der Waals surface area contributed by atoms with Gasteiger partial charge in [0.15, 0.2) is 5.69 Å². The number of nitrogens with zero attached hydrogens (tertiary/aromatic N) is 1. The van der Waals surface area contributed by atoms with Crippen LogP contribution in [0.3, 0.4) is 0 Å². The van der Waals surface area contributed by atoms with Crippen LogP contribution in [0.1, 0.15) is 23.3 Å². The highest BCUT2D eigenvalue weighted by Gasteiger charge is 2.26. The minimum atomic E-state index is -0.128. The van der Waals surface area contributed by atoms with Crippen LogP contribution in [-0.2, 0) is 0 Å². The van der Waals surface area contributed by atoms with Gasteiger partial charge >= 0.3 is 0 Å². The third kappa shape index (κ3) is 1.94. The van der Waals surface area contributed by atoms with Gasteiger partial charge in [0.1, 0.15) is 4.60 Å². The van der Waals surface area contributed by atoms with Crippen molar-refractivity contribution in [3.05, 3.63) is 14.8 Å². The summed E-state index contributed by atoms with van der Waals surface area (Å²) in [5.41, 5.74) is 0.402. The van der Waals surface area contributed by atoms with Crippen LogP contribution in [0.25, 0.3) is 0 Å². The van der Waals surface area contributed by atoms with Crippen LogP contribution >= 0.6 is 31.9 Å². The monoisotopic (exact) mass is 307 g/mol. The predicted molar refractivity (Wildman–Crippen MR) is 54.5 cm³/mol. The van der Waals surface area contributed by atoms with Crippen molar-refractivity contribution >= 4 is 37.8 Å². The fourth-order valence-corrected chi connectivity index (χ4v) is 1.57. The van der Waals surface area contributed by atoms with Gasteiger partial charge in [-0.15, -0.1) is 0 Å². The van der Waals surface area contributed by atoms with Crippen molar-refractivity contribution in [3.8, 4) is 0 Å². The van der Waals surface area contributed by atoms with Crippen LogP contribution < -0.4 is 5.32 Å². The summed E-state index contributed by atoms with van der Waals surface area (Å²) in [6.07, 6.45) is 2.16. The lowest BCUT2D eigenvalue weighted by Crippen LogP contribution is -2.25. The van der Waals surface area contributed by atoms with E-state index < -0.39 is 0 Å². The van der Waals surface area contributed by atoms with Crippen LogP contribution in [0.5, 0.6) is 0 Å². The van der Waals surface area contributed by atoms with Crippen LogP contribution in [-0.4, -0.2) is 22.1 Å². The summed E-state index contributed by atoms with van der Waals surface area (Å²) in [4.78, 5) is 11.5. The highest BCUT2D eigenvalue weighted by atomic mass is 79.9. The molecule has 1 heterocycles. The summed E-state index contributed by atoms with van der Waals surface area (Å²) in [6.45, 7) is 0. The second kappa shape index (κ2) is 3.42. The number of H-pyrrole nitrogens is 1. The SMILES string of the molecule is O=C(NC1CC1)c1n[nH]c(Br)c1Br. The first kappa shape index (κ1) is 9.21. The van der Waals surface area contributed by atoms with E-state index in [1.165, 1.54) is 0 Å². The first-order valence-corrected chi connectivity index (χ1v) is 5.47. The van der Waals surface area contributed by atoms with E-state index in [0.717, 1.165) is 12.8 Å². The van der Waals surface area contributed by atoms with Crippen molar-refractivity contribution in [3.63, 3.8) is 0 Å². The summed E-state index contributed by atoms with van der Waals surface area (Å²) < 4.78 is 1.36. The van der Waals surface area contributed by atoms with Crippen molar-refractivity contribution in [2.24, 2.45) is 0 Å². The zero-order valence-electron chi connectivity index (χ0n) is 6.60. The van der Waals surface area contributed by atoms with Crippen LogP contribution in [0.15, 0.2) is 9.08 Å². The molecule has 0 aromatic carbocycles. The molecule has 2 N–H and O–H groups in total. The normalized spacial score (nSPS) is 15.8. The summed E-state index contributed by atoms with van der Waals surface area (Å²) in [5, 5.41) is 9.39. The van der Waals surface area contributed by atoms with Gasteiger partial charge < -0.3 is 5.32 Å². The van der Waals surface area contributed by atoms with Gasteiger partial charge in [-0.3, -0.25) is 9.89 Å². The topological polar surface area (TPSA) is 57.8 Å². The number of amides is 1. The number of carbonyl (C=O) groups is 1. The number of nitrogens with one attached hydrogen (secondary N) is 2. The van der Waals surface area contributed by atoms with Gasteiger partial charge in [-0.1, -0.05) is 0 Å². The first-order chi connectivity index (χ1) is 6.18. The Morgan fingerprint density at radius 3 is 2.69 bits per heavy atom. The smallest absolute Gasteiger partial charge is 0.273 e. The predicted octanol–water partition coefficient (Wildman–Crippen LogP) is 1.83. The zero-order chi connectivity index (χ0) is 9.42. The molecular formula is C7H7Br2N3O. The molecule has 0 spiro atoms. The van der Waals surface area contributed by atoms with Gasteiger partial charge in [0.25, 0.3) is 5.91 Å². The van der Waals surface area contributed by atoms with Crippen molar-refractivity contribution in [2.45, 2.75) is 18.9 Å². The molecule has 6 heteroatoms. The fourth-order valence-electron chi connectivity index (χ4n) is 0.939. The number of aromatic nitrogens is 2. The van der Waals surface area contributed by atoms with Gasteiger partial charge in [-0.05, 0) is 44.7 Å². The lowest BCUT2D eigenvalue weighted by molar-refractivity contribution is 0.0945. The third-order valence-electron chi connectivity index (χ3n) is 1.79. The van der Waals surface area contributed by atoms with Gasteiger partial charge in [-0.25, -0.2) is 0 Å². The molecule has 1 fully saturated rings. The second-order valence-corrected chi connectivity index (χ2v) is 4.53. The Morgan fingerprint density at radius 1 is 1.54 bits per heavy atom. The zero-order valence-corrected chi connectivity index (χ0v) is 9.77.